The zero-order valence-corrected chi connectivity index (χ0v) is 12.2. The Hall–Kier alpha value is -2.72. The van der Waals surface area contributed by atoms with Crippen LogP contribution in [0.25, 0.3) is 22.2 Å². The molecule has 1 heterocycles. The summed E-state index contributed by atoms with van der Waals surface area (Å²) in [6, 6.07) is 14.9. The molecule has 0 spiro atoms. The van der Waals surface area contributed by atoms with Gasteiger partial charge in [0.25, 0.3) is 0 Å². The number of primary amides is 1. The van der Waals surface area contributed by atoms with E-state index in [2.05, 4.69) is 4.98 Å². The predicted molar refractivity (Wildman–Crippen MR) is 86.4 cm³/mol. The monoisotopic (exact) mass is 292 g/mol. The number of amides is 1. The summed E-state index contributed by atoms with van der Waals surface area (Å²) in [7, 11) is 0. The van der Waals surface area contributed by atoms with Crippen LogP contribution >= 0.6 is 0 Å². The molecule has 0 atom stereocenters. The highest BCUT2D eigenvalue weighted by atomic mass is 16.3. The van der Waals surface area contributed by atoms with Crippen LogP contribution in [-0.2, 0) is 6.61 Å². The van der Waals surface area contributed by atoms with Crippen LogP contribution in [0.2, 0.25) is 0 Å². The summed E-state index contributed by atoms with van der Waals surface area (Å²) < 4.78 is 0. The van der Waals surface area contributed by atoms with Gasteiger partial charge in [-0.05, 0) is 30.7 Å². The lowest BCUT2D eigenvalue weighted by Gasteiger charge is -2.12. The molecule has 3 rings (SSSR count). The quantitative estimate of drug-likeness (QED) is 0.779. The van der Waals surface area contributed by atoms with Crippen LogP contribution in [0.15, 0.2) is 48.5 Å². The Morgan fingerprint density at radius 1 is 1.18 bits per heavy atom. The number of benzene rings is 2. The van der Waals surface area contributed by atoms with E-state index in [0.717, 1.165) is 16.5 Å². The van der Waals surface area contributed by atoms with Crippen LogP contribution in [-0.4, -0.2) is 16.0 Å². The van der Waals surface area contributed by atoms with Gasteiger partial charge in [-0.15, -0.1) is 0 Å². The van der Waals surface area contributed by atoms with E-state index in [-0.39, 0.29) is 6.61 Å². The number of carbonyl (C=O) groups is 1. The minimum atomic E-state index is -0.509. The van der Waals surface area contributed by atoms with E-state index in [1.807, 2.05) is 37.3 Å². The minimum absolute atomic E-state index is 0.154. The molecular formula is C18H16N2O2. The molecule has 0 bridgehead atoms. The second-order valence-electron chi connectivity index (χ2n) is 5.26. The summed E-state index contributed by atoms with van der Waals surface area (Å²) in [4.78, 5) is 16.3. The summed E-state index contributed by atoms with van der Waals surface area (Å²) in [6.07, 6.45) is 0. The first kappa shape index (κ1) is 14.2. The third-order valence-electron chi connectivity index (χ3n) is 3.67. The SMILES string of the molecule is Cc1ccc2cc(CO)c(-c3ccccc3C(N)=O)nc2c1. The van der Waals surface area contributed by atoms with Crippen molar-refractivity contribution in [3.63, 3.8) is 0 Å². The van der Waals surface area contributed by atoms with Crippen LogP contribution in [0.5, 0.6) is 0 Å². The number of aryl methyl sites for hydroxylation is 1. The Labute approximate surface area is 128 Å². The number of hydrogen-bond donors (Lipinski definition) is 2. The van der Waals surface area contributed by atoms with E-state index >= 15 is 0 Å². The fourth-order valence-electron chi connectivity index (χ4n) is 2.58. The number of nitrogens with two attached hydrogens (primary N) is 1. The topological polar surface area (TPSA) is 76.2 Å². The molecule has 0 aliphatic rings. The van der Waals surface area contributed by atoms with Gasteiger partial charge in [0.2, 0.25) is 5.91 Å². The van der Waals surface area contributed by atoms with E-state index in [4.69, 9.17) is 5.73 Å². The maximum Gasteiger partial charge on any atom is 0.249 e. The second kappa shape index (κ2) is 5.58. The van der Waals surface area contributed by atoms with Crippen molar-refractivity contribution >= 4 is 16.8 Å². The van der Waals surface area contributed by atoms with Gasteiger partial charge in [0.1, 0.15) is 0 Å². The first-order valence-electron chi connectivity index (χ1n) is 7.00. The number of carbonyl (C=O) groups excluding carboxylic acids is 1. The summed E-state index contributed by atoms with van der Waals surface area (Å²) in [5, 5.41) is 10.6. The van der Waals surface area contributed by atoms with Crippen molar-refractivity contribution in [2.24, 2.45) is 5.73 Å². The van der Waals surface area contributed by atoms with Gasteiger partial charge in [0.15, 0.2) is 0 Å². The third kappa shape index (κ3) is 2.44. The van der Waals surface area contributed by atoms with Crippen LogP contribution < -0.4 is 5.73 Å². The highest BCUT2D eigenvalue weighted by molar-refractivity contribution is 6.00. The van der Waals surface area contributed by atoms with Crippen LogP contribution in [0.1, 0.15) is 21.5 Å². The highest BCUT2D eigenvalue weighted by Crippen LogP contribution is 2.28. The molecule has 0 unspecified atom stereocenters. The molecule has 2 aromatic carbocycles. The molecule has 3 aromatic rings. The second-order valence-corrected chi connectivity index (χ2v) is 5.26. The largest absolute Gasteiger partial charge is 0.392 e. The molecule has 0 radical (unpaired) electrons. The van der Waals surface area contributed by atoms with Gasteiger partial charge in [0.05, 0.1) is 17.8 Å². The average molecular weight is 292 g/mol. The molecule has 22 heavy (non-hydrogen) atoms. The zero-order chi connectivity index (χ0) is 15.7. The average Bonchev–Trinajstić information content (AvgIpc) is 2.53. The van der Waals surface area contributed by atoms with Crippen molar-refractivity contribution < 1.29 is 9.90 Å². The lowest BCUT2D eigenvalue weighted by molar-refractivity contribution is 0.100. The van der Waals surface area contributed by atoms with Gasteiger partial charge >= 0.3 is 0 Å². The summed E-state index contributed by atoms with van der Waals surface area (Å²) in [6.45, 7) is 1.84. The van der Waals surface area contributed by atoms with Crippen molar-refractivity contribution in [3.05, 3.63) is 65.2 Å². The first-order valence-corrected chi connectivity index (χ1v) is 7.00. The predicted octanol–water partition coefficient (Wildman–Crippen LogP) is 2.80. The number of nitrogens with zero attached hydrogens (tertiary/aromatic N) is 1. The Kier molecular flexibility index (Phi) is 3.61. The van der Waals surface area contributed by atoms with E-state index in [0.29, 0.717) is 22.4 Å². The fourth-order valence-corrected chi connectivity index (χ4v) is 2.58. The van der Waals surface area contributed by atoms with Crippen LogP contribution in [0.4, 0.5) is 0 Å². The lowest BCUT2D eigenvalue weighted by atomic mass is 9.98. The van der Waals surface area contributed by atoms with E-state index in [1.54, 1.807) is 18.2 Å². The van der Waals surface area contributed by atoms with Crippen LogP contribution in [0, 0.1) is 6.92 Å². The molecule has 1 amide bonds. The summed E-state index contributed by atoms with van der Waals surface area (Å²) in [5.74, 6) is -0.509. The fraction of sp³-hybridized carbons (Fsp3) is 0.111. The maximum atomic E-state index is 11.6. The number of hydrogen-bond acceptors (Lipinski definition) is 3. The molecule has 4 nitrogen and oxygen atoms in total. The van der Waals surface area contributed by atoms with E-state index < -0.39 is 5.91 Å². The maximum absolute atomic E-state index is 11.6. The molecule has 0 saturated carbocycles. The van der Waals surface area contributed by atoms with Gasteiger partial charge in [-0.2, -0.15) is 0 Å². The minimum Gasteiger partial charge on any atom is -0.392 e. The van der Waals surface area contributed by atoms with Crippen molar-refractivity contribution in [3.8, 4) is 11.3 Å². The van der Waals surface area contributed by atoms with Crippen molar-refractivity contribution in [1.82, 2.24) is 4.98 Å². The lowest BCUT2D eigenvalue weighted by Crippen LogP contribution is -2.13. The Morgan fingerprint density at radius 2 is 1.95 bits per heavy atom. The van der Waals surface area contributed by atoms with Crippen LogP contribution in [0.3, 0.4) is 0 Å². The third-order valence-corrected chi connectivity index (χ3v) is 3.67. The number of pyridine rings is 1. The zero-order valence-electron chi connectivity index (χ0n) is 12.2. The van der Waals surface area contributed by atoms with Gasteiger partial charge in [-0.3, -0.25) is 4.79 Å². The molecular weight excluding hydrogens is 276 g/mol. The Bertz CT molecular complexity index is 872. The molecule has 0 aliphatic carbocycles. The first-order chi connectivity index (χ1) is 10.6. The highest BCUT2D eigenvalue weighted by Gasteiger charge is 2.15. The Morgan fingerprint density at radius 3 is 2.68 bits per heavy atom. The smallest absolute Gasteiger partial charge is 0.249 e. The number of aliphatic hydroxyl groups excluding tert-OH is 1. The number of fused-ring (bicyclic) bond motifs is 1. The van der Waals surface area contributed by atoms with Gasteiger partial charge in [0, 0.05) is 22.1 Å². The van der Waals surface area contributed by atoms with Gasteiger partial charge < -0.3 is 10.8 Å². The molecule has 0 saturated heterocycles. The van der Waals surface area contributed by atoms with Crippen molar-refractivity contribution in [2.45, 2.75) is 13.5 Å². The molecule has 4 heteroatoms. The molecule has 0 fully saturated rings. The van der Waals surface area contributed by atoms with Gasteiger partial charge in [-0.1, -0.05) is 30.3 Å². The number of aromatic nitrogens is 1. The van der Waals surface area contributed by atoms with Gasteiger partial charge in [-0.25, -0.2) is 4.98 Å². The molecule has 0 aliphatic heterocycles. The summed E-state index contributed by atoms with van der Waals surface area (Å²) >= 11 is 0. The van der Waals surface area contributed by atoms with E-state index in [1.165, 1.54) is 0 Å². The van der Waals surface area contributed by atoms with Crippen molar-refractivity contribution in [2.75, 3.05) is 0 Å². The number of rotatable bonds is 3. The standard InChI is InChI=1S/C18H16N2O2/c1-11-6-7-12-9-13(10-21)17(20-16(12)8-11)14-4-2-3-5-15(14)18(19)22/h2-9,21H,10H2,1H3,(H2,19,22). The van der Waals surface area contributed by atoms with Crippen molar-refractivity contribution in [1.29, 1.82) is 0 Å². The normalized spacial score (nSPS) is 10.8. The molecule has 1 aromatic heterocycles. The Balaban J connectivity index is 2.32. The van der Waals surface area contributed by atoms with E-state index in [9.17, 15) is 9.90 Å². The number of aliphatic hydroxyl groups is 1. The molecule has 3 N–H and O–H groups in total. The summed E-state index contributed by atoms with van der Waals surface area (Å²) in [5.41, 5.74) is 9.68. The molecule has 110 valence electrons.